The van der Waals surface area contributed by atoms with Crippen LogP contribution in [0.1, 0.15) is 37.9 Å². The molecule has 1 rings (SSSR count). The Morgan fingerprint density at radius 3 is 2.43 bits per heavy atom. The maximum atomic E-state index is 8.63. The third kappa shape index (κ3) is 2.02. The van der Waals surface area contributed by atoms with E-state index in [1.807, 2.05) is 12.1 Å². The minimum Gasteiger partial charge on any atom is -0.383 e. The van der Waals surface area contributed by atoms with Crippen LogP contribution in [0, 0.1) is 17.2 Å². The molecule has 0 saturated heterocycles. The summed E-state index contributed by atoms with van der Waals surface area (Å²) in [5, 5.41) is 8.63. The number of aromatic nitrogens is 1. The Kier molecular flexibility index (Phi) is 3.08. The second-order valence-corrected chi connectivity index (χ2v) is 3.82. The van der Waals surface area contributed by atoms with E-state index in [1.54, 1.807) is 6.07 Å². The molecule has 0 saturated carbocycles. The van der Waals surface area contributed by atoms with Crippen LogP contribution in [0.2, 0.25) is 0 Å². The minimum absolute atomic E-state index is 0.371. The predicted octanol–water partition coefficient (Wildman–Crippen LogP) is 2.29. The van der Waals surface area contributed by atoms with Crippen molar-refractivity contribution >= 4 is 5.82 Å². The molecule has 3 nitrogen and oxygen atoms in total. The normalized spacial score (nSPS) is 12.5. The Labute approximate surface area is 84.6 Å². The summed E-state index contributed by atoms with van der Waals surface area (Å²) in [4.78, 5) is 4.01. The van der Waals surface area contributed by atoms with E-state index in [1.165, 1.54) is 0 Å². The Hall–Kier alpha value is -1.56. The smallest absolute Gasteiger partial charge is 0.142 e. The Morgan fingerprint density at radius 1 is 1.36 bits per heavy atom. The number of nitrogens with two attached hydrogens (primary N) is 1. The third-order valence-electron chi connectivity index (χ3n) is 2.56. The van der Waals surface area contributed by atoms with Crippen LogP contribution in [0.5, 0.6) is 0 Å². The highest BCUT2D eigenvalue weighted by molar-refractivity contribution is 5.44. The molecular formula is C11H15N3. The van der Waals surface area contributed by atoms with E-state index in [-0.39, 0.29) is 0 Å². The summed E-state index contributed by atoms with van der Waals surface area (Å²) in [6.07, 6.45) is 0. The van der Waals surface area contributed by atoms with Gasteiger partial charge in [0.05, 0.1) is 0 Å². The summed E-state index contributed by atoms with van der Waals surface area (Å²) in [6, 6.07) is 5.58. The van der Waals surface area contributed by atoms with Gasteiger partial charge in [-0.3, -0.25) is 0 Å². The summed E-state index contributed by atoms with van der Waals surface area (Å²) in [5.41, 5.74) is 7.18. The number of hydrogen-bond donors (Lipinski definition) is 1. The monoisotopic (exact) mass is 189 g/mol. The molecule has 3 heteroatoms. The molecule has 0 spiro atoms. The van der Waals surface area contributed by atoms with E-state index in [4.69, 9.17) is 11.0 Å². The predicted molar refractivity (Wildman–Crippen MR) is 56.6 cm³/mol. The van der Waals surface area contributed by atoms with Gasteiger partial charge in [0.15, 0.2) is 0 Å². The van der Waals surface area contributed by atoms with Crippen molar-refractivity contribution in [2.45, 2.75) is 26.7 Å². The SMILES string of the molecule is CC(C)C(C)c1ccc(C#N)nc1N. The highest BCUT2D eigenvalue weighted by Crippen LogP contribution is 2.27. The van der Waals surface area contributed by atoms with Gasteiger partial charge in [0, 0.05) is 0 Å². The molecule has 0 aromatic carbocycles. The van der Waals surface area contributed by atoms with Crippen LogP contribution >= 0.6 is 0 Å². The lowest BCUT2D eigenvalue weighted by atomic mass is 9.90. The van der Waals surface area contributed by atoms with E-state index in [9.17, 15) is 0 Å². The van der Waals surface area contributed by atoms with Gasteiger partial charge >= 0.3 is 0 Å². The topological polar surface area (TPSA) is 62.7 Å². The fraction of sp³-hybridized carbons (Fsp3) is 0.455. The van der Waals surface area contributed by atoms with E-state index in [0.29, 0.717) is 23.3 Å². The van der Waals surface area contributed by atoms with E-state index < -0.39 is 0 Å². The molecule has 0 aliphatic heterocycles. The van der Waals surface area contributed by atoms with E-state index >= 15 is 0 Å². The van der Waals surface area contributed by atoms with Gasteiger partial charge in [0.1, 0.15) is 17.6 Å². The van der Waals surface area contributed by atoms with Crippen molar-refractivity contribution in [1.29, 1.82) is 5.26 Å². The van der Waals surface area contributed by atoms with E-state index in [2.05, 4.69) is 25.8 Å². The van der Waals surface area contributed by atoms with Gasteiger partial charge in [-0.2, -0.15) is 5.26 Å². The molecule has 1 aromatic rings. The molecule has 0 radical (unpaired) electrons. The molecule has 14 heavy (non-hydrogen) atoms. The van der Waals surface area contributed by atoms with Gasteiger partial charge in [-0.1, -0.05) is 26.8 Å². The fourth-order valence-electron chi connectivity index (χ4n) is 1.29. The van der Waals surface area contributed by atoms with Crippen molar-refractivity contribution < 1.29 is 0 Å². The van der Waals surface area contributed by atoms with Gasteiger partial charge in [-0.15, -0.1) is 0 Å². The molecule has 2 N–H and O–H groups in total. The van der Waals surface area contributed by atoms with Crippen molar-refractivity contribution in [2.24, 2.45) is 5.92 Å². The van der Waals surface area contributed by atoms with Crippen LogP contribution in [0.15, 0.2) is 12.1 Å². The summed E-state index contributed by atoms with van der Waals surface area (Å²) < 4.78 is 0. The summed E-state index contributed by atoms with van der Waals surface area (Å²) in [7, 11) is 0. The number of hydrogen-bond acceptors (Lipinski definition) is 3. The molecular weight excluding hydrogens is 174 g/mol. The summed E-state index contributed by atoms with van der Waals surface area (Å²) in [5.74, 6) is 1.37. The van der Waals surface area contributed by atoms with Gasteiger partial charge in [0.2, 0.25) is 0 Å². The van der Waals surface area contributed by atoms with Crippen molar-refractivity contribution in [2.75, 3.05) is 5.73 Å². The van der Waals surface area contributed by atoms with Crippen LogP contribution in [0.3, 0.4) is 0 Å². The number of nitrogen functional groups attached to an aromatic ring is 1. The highest BCUT2D eigenvalue weighted by atomic mass is 14.8. The van der Waals surface area contributed by atoms with Gasteiger partial charge in [0.25, 0.3) is 0 Å². The summed E-state index contributed by atoms with van der Waals surface area (Å²) in [6.45, 7) is 6.40. The number of anilines is 1. The Morgan fingerprint density at radius 2 is 2.00 bits per heavy atom. The van der Waals surface area contributed by atoms with Crippen molar-refractivity contribution in [3.63, 3.8) is 0 Å². The lowest BCUT2D eigenvalue weighted by Gasteiger charge is -2.17. The molecule has 74 valence electrons. The Balaban J connectivity index is 3.07. The molecule has 1 unspecified atom stereocenters. The first kappa shape index (κ1) is 10.5. The third-order valence-corrected chi connectivity index (χ3v) is 2.56. The summed E-state index contributed by atoms with van der Waals surface area (Å²) >= 11 is 0. The Bertz CT molecular complexity index is 363. The molecule has 0 amide bonds. The van der Waals surface area contributed by atoms with Crippen LogP contribution < -0.4 is 5.73 Å². The molecule has 1 aromatic heterocycles. The van der Waals surface area contributed by atoms with Gasteiger partial charge in [-0.25, -0.2) is 4.98 Å². The fourth-order valence-corrected chi connectivity index (χ4v) is 1.29. The number of rotatable bonds is 2. The second-order valence-electron chi connectivity index (χ2n) is 3.82. The van der Waals surface area contributed by atoms with Crippen LogP contribution in [-0.2, 0) is 0 Å². The first-order chi connectivity index (χ1) is 6.56. The van der Waals surface area contributed by atoms with Gasteiger partial charge in [-0.05, 0) is 23.5 Å². The maximum Gasteiger partial charge on any atom is 0.142 e. The van der Waals surface area contributed by atoms with E-state index in [0.717, 1.165) is 5.56 Å². The maximum absolute atomic E-state index is 8.63. The number of nitriles is 1. The number of pyridine rings is 1. The molecule has 1 atom stereocenters. The minimum atomic E-state index is 0.371. The zero-order valence-electron chi connectivity index (χ0n) is 8.78. The first-order valence-corrected chi connectivity index (χ1v) is 4.72. The van der Waals surface area contributed by atoms with Gasteiger partial charge < -0.3 is 5.73 Å². The first-order valence-electron chi connectivity index (χ1n) is 4.72. The van der Waals surface area contributed by atoms with Crippen molar-refractivity contribution in [1.82, 2.24) is 4.98 Å². The largest absolute Gasteiger partial charge is 0.383 e. The zero-order chi connectivity index (χ0) is 10.7. The quantitative estimate of drug-likeness (QED) is 0.776. The molecule has 0 bridgehead atoms. The van der Waals surface area contributed by atoms with Crippen LogP contribution in [-0.4, -0.2) is 4.98 Å². The zero-order valence-corrected chi connectivity index (χ0v) is 8.78. The molecule has 0 aliphatic rings. The van der Waals surface area contributed by atoms with Crippen LogP contribution in [0.25, 0.3) is 0 Å². The second kappa shape index (κ2) is 4.10. The number of nitrogens with zero attached hydrogens (tertiary/aromatic N) is 2. The van der Waals surface area contributed by atoms with Crippen molar-refractivity contribution in [3.05, 3.63) is 23.4 Å². The lowest BCUT2D eigenvalue weighted by Crippen LogP contribution is -2.07. The van der Waals surface area contributed by atoms with Crippen LogP contribution in [0.4, 0.5) is 5.82 Å². The highest BCUT2D eigenvalue weighted by Gasteiger charge is 2.13. The van der Waals surface area contributed by atoms with Crippen molar-refractivity contribution in [3.8, 4) is 6.07 Å². The average Bonchev–Trinajstić information content (AvgIpc) is 2.16. The molecule has 1 heterocycles. The lowest BCUT2D eigenvalue weighted by molar-refractivity contribution is 0.535. The molecule has 0 aliphatic carbocycles. The molecule has 0 fully saturated rings. The average molecular weight is 189 g/mol. The standard InChI is InChI=1S/C11H15N3/c1-7(2)8(3)10-5-4-9(6-12)14-11(10)13/h4-5,7-8H,1-3H3,(H2,13,14).